The Labute approximate surface area is 85.1 Å². The van der Waals surface area contributed by atoms with Crippen molar-refractivity contribution < 1.29 is 0 Å². The van der Waals surface area contributed by atoms with Gasteiger partial charge in [-0.05, 0) is 49.9 Å². The fourth-order valence-electron chi connectivity index (χ4n) is 2.37. The maximum Gasteiger partial charge on any atom is 0.0464 e. The third-order valence-electron chi connectivity index (χ3n) is 2.91. The summed E-state index contributed by atoms with van der Waals surface area (Å²) in [4.78, 5) is 3.46. The fourth-order valence-corrected chi connectivity index (χ4v) is 2.37. The van der Waals surface area contributed by atoms with Crippen LogP contribution in [0.4, 0.5) is 0 Å². The van der Waals surface area contributed by atoms with Crippen LogP contribution in [0.15, 0.2) is 12.1 Å². The minimum absolute atomic E-state index is 1.11. The molecule has 0 saturated carbocycles. The SMILES string of the molecule is CCc1c(C)[nH]c2cc(C)cc(C)c12. The second-order valence-corrected chi connectivity index (χ2v) is 4.09. The van der Waals surface area contributed by atoms with Crippen molar-refractivity contribution in [1.29, 1.82) is 0 Å². The minimum atomic E-state index is 1.11. The molecule has 0 saturated heterocycles. The second-order valence-electron chi connectivity index (χ2n) is 4.09. The van der Waals surface area contributed by atoms with E-state index < -0.39 is 0 Å². The van der Waals surface area contributed by atoms with Crippen LogP contribution in [0.1, 0.15) is 29.3 Å². The summed E-state index contributed by atoms with van der Waals surface area (Å²) < 4.78 is 0. The molecule has 0 amide bonds. The lowest BCUT2D eigenvalue weighted by Gasteiger charge is -2.01. The zero-order valence-electron chi connectivity index (χ0n) is 9.36. The smallest absolute Gasteiger partial charge is 0.0464 e. The molecule has 0 aliphatic carbocycles. The van der Waals surface area contributed by atoms with Gasteiger partial charge in [-0.2, -0.15) is 0 Å². The molecule has 0 radical (unpaired) electrons. The molecule has 0 atom stereocenters. The lowest BCUT2D eigenvalue weighted by molar-refractivity contribution is 1.11. The monoisotopic (exact) mass is 187 g/mol. The summed E-state index contributed by atoms with van der Waals surface area (Å²) in [5.74, 6) is 0. The molecule has 0 fully saturated rings. The number of hydrogen-bond donors (Lipinski definition) is 1. The van der Waals surface area contributed by atoms with Gasteiger partial charge in [-0.15, -0.1) is 0 Å². The molecular formula is C13H17N. The Bertz CT molecular complexity index is 477. The first-order chi connectivity index (χ1) is 6.63. The van der Waals surface area contributed by atoms with Crippen molar-refractivity contribution in [3.63, 3.8) is 0 Å². The number of rotatable bonds is 1. The van der Waals surface area contributed by atoms with E-state index in [1.54, 1.807) is 0 Å². The van der Waals surface area contributed by atoms with E-state index in [9.17, 15) is 0 Å². The zero-order chi connectivity index (χ0) is 10.3. The van der Waals surface area contributed by atoms with E-state index in [1.807, 2.05) is 0 Å². The summed E-state index contributed by atoms with van der Waals surface area (Å²) in [6.45, 7) is 8.72. The van der Waals surface area contributed by atoms with E-state index in [0.717, 1.165) is 6.42 Å². The van der Waals surface area contributed by atoms with Crippen LogP contribution in [0.3, 0.4) is 0 Å². The van der Waals surface area contributed by atoms with Crippen LogP contribution in [0.25, 0.3) is 10.9 Å². The molecule has 2 rings (SSSR count). The first-order valence-corrected chi connectivity index (χ1v) is 5.22. The van der Waals surface area contributed by atoms with Crippen molar-refractivity contribution in [3.05, 3.63) is 34.5 Å². The minimum Gasteiger partial charge on any atom is -0.358 e. The van der Waals surface area contributed by atoms with Crippen LogP contribution in [0.5, 0.6) is 0 Å². The third kappa shape index (κ3) is 1.24. The number of fused-ring (bicyclic) bond motifs is 1. The van der Waals surface area contributed by atoms with Crippen LogP contribution in [-0.4, -0.2) is 4.98 Å². The van der Waals surface area contributed by atoms with E-state index in [0.29, 0.717) is 0 Å². The van der Waals surface area contributed by atoms with Crippen molar-refractivity contribution in [2.45, 2.75) is 34.1 Å². The second kappa shape index (κ2) is 3.16. The van der Waals surface area contributed by atoms with Gasteiger partial charge in [-0.25, -0.2) is 0 Å². The maximum absolute atomic E-state index is 3.46. The topological polar surface area (TPSA) is 15.8 Å². The van der Waals surface area contributed by atoms with Crippen molar-refractivity contribution in [2.24, 2.45) is 0 Å². The van der Waals surface area contributed by atoms with Crippen LogP contribution < -0.4 is 0 Å². The summed E-state index contributed by atoms with van der Waals surface area (Å²) in [6.07, 6.45) is 1.11. The molecule has 14 heavy (non-hydrogen) atoms. The summed E-state index contributed by atoms with van der Waals surface area (Å²) in [5, 5.41) is 1.43. The molecule has 2 aromatic rings. The number of aromatic nitrogens is 1. The van der Waals surface area contributed by atoms with E-state index >= 15 is 0 Å². The van der Waals surface area contributed by atoms with E-state index in [2.05, 4.69) is 44.8 Å². The third-order valence-corrected chi connectivity index (χ3v) is 2.91. The van der Waals surface area contributed by atoms with Gasteiger partial charge in [0, 0.05) is 16.6 Å². The summed E-state index contributed by atoms with van der Waals surface area (Å²) in [5.41, 5.74) is 6.80. The molecule has 1 aromatic carbocycles. The number of hydrogen-bond acceptors (Lipinski definition) is 0. The van der Waals surface area contributed by atoms with Gasteiger partial charge >= 0.3 is 0 Å². The Morgan fingerprint density at radius 1 is 1.14 bits per heavy atom. The highest BCUT2D eigenvalue weighted by Crippen LogP contribution is 2.26. The van der Waals surface area contributed by atoms with Crippen molar-refractivity contribution in [2.75, 3.05) is 0 Å². The normalized spacial score (nSPS) is 11.1. The van der Waals surface area contributed by atoms with E-state index in [4.69, 9.17) is 0 Å². The first kappa shape index (κ1) is 9.32. The molecule has 74 valence electrons. The molecule has 1 nitrogen and oxygen atoms in total. The average Bonchev–Trinajstić information content (AvgIpc) is 2.40. The van der Waals surface area contributed by atoms with Gasteiger partial charge in [0.25, 0.3) is 0 Å². The Balaban J connectivity index is 2.88. The molecule has 1 N–H and O–H groups in total. The van der Waals surface area contributed by atoms with Crippen LogP contribution in [0, 0.1) is 20.8 Å². The van der Waals surface area contributed by atoms with Crippen molar-refractivity contribution in [3.8, 4) is 0 Å². The largest absolute Gasteiger partial charge is 0.358 e. The first-order valence-electron chi connectivity index (χ1n) is 5.22. The van der Waals surface area contributed by atoms with Gasteiger partial charge in [0.1, 0.15) is 0 Å². The fraction of sp³-hybridized carbons (Fsp3) is 0.385. The molecule has 1 heteroatoms. The molecule has 0 spiro atoms. The molecule has 1 aromatic heterocycles. The van der Waals surface area contributed by atoms with Gasteiger partial charge in [0.2, 0.25) is 0 Å². The Hall–Kier alpha value is -1.24. The van der Waals surface area contributed by atoms with Crippen LogP contribution >= 0.6 is 0 Å². The molecule has 0 aliphatic heterocycles. The van der Waals surface area contributed by atoms with E-state index in [-0.39, 0.29) is 0 Å². The number of aromatic amines is 1. The molecule has 0 unspecified atom stereocenters. The molecule has 0 aliphatic rings. The van der Waals surface area contributed by atoms with Gasteiger partial charge in [-0.3, -0.25) is 0 Å². The molecule has 0 bridgehead atoms. The number of nitrogens with one attached hydrogen (secondary N) is 1. The lowest BCUT2D eigenvalue weighted by Crippen LogP contribution is -1.84. The van der Waals surface area contributed by atoms with Crippen molar-refractivity contribution >= 4 is 10.9 Å². The maximum atomic E-state index is 3.46. The Morgan fingerprint density at radius 3 is 2.50 bits per heavy atom. The molecule has 1 heterocycles. The average molecular weight is 187 g/mol. The standard InChI is InChI=1S/C13H17N/c1-5-11-10(4)14-12-7-8(2)6-9(3)13(11)12/h6-7,14H,5H2,1-4H3. The number of H-pyrrole nitrogens is 1. The quantitative estimate of drug-likeness (QED) is 0.701. The lowest BCUT2D eigenvalue weighted by atomic mass is 10.0. The Kier molecular flexibility index (Phi) is 2.10. The highest BCUT2D eigenvalue weighted by atomic mass is 14.7. The summed E-state index contributed by atoms with van der Waals surface area (Å²) in [6, 6.07) is 4.49. The van der Waals surface area contributed by atoms with Gasteiger partial charge in [0.05, 0.1) is 0 Å². The summed E-state index contributed by atoms with van der Waals surface area (Å²) in [7, 11) is 0. The highest BCUT2D eigenvalue weighted by Gasteiger charge is 2.08. The van der Waals surface area contributed by atoms with E-state index in [1.165, 1.54) is 33.3 Å². The highest BCUT2D eigenvalue weighted by molar-refractivity contribution is 5.88. The van der Waals surface area contributed by atoms with Crippen LogP contribution in [0.2, 0.25) is 0 Å². The summed E-state index contributed by atoms with van der Waals surface area (Å²) >= 11 is 0. The zero-order valence-corrected chi connectivity index (χ0v) is 9.36. The van der Waals surface area contributed by atoms with Gasteiger partial charge < -0.3 is 4.98 Å². The van der Waals surface area contributed by atoms with Crippen molar-refractivity contribution in [1.82, 2.24) is 4.98 Å². The van der Waals surface area contributed by atoms with Gasteiger partial charge in [-0.1, -0.05) is 13.0 Å². The predicted molar refractivity (Wildman–Crippen MR) is 61.9 cm³/mol. The van der Waals surface area contributed by atoms with Gasteiger partial charge in [0.15, 0.2) is 0 Å². The number of benzene rings is 1. The predicted octanol–water partition coefficient (Wildman–Crippen LogP) is 3.66. The number of aryl methyl sites for hydroxylation is 4. The molecular weight excluding hydrogens is 170 g/mol. The van der Waals surface area contributed by atoms with Crippen LogP contribution in [-0.2, 0) is 6.42 Å². The Morgan fingerprint density at radius 2 is 1.86 bits per heavy atom.